The average molecular weight is 196 g/mol. The smallest absolute Gasteiger partial charge is 0.242 e. The van der Waals surface area contributed by atoms with Gasteiger partial charge < -0.3 is 10.6 Å². The van der Waals surface area contributed by atoms with Gasteiger partial charge >= 0.3 is 0 Å². The zero-order valence-electron chi connectivity index (χ0n) is 8.96. The van der Waals surface area contributed by atoms with E-state index in [-0.39, 0.29) is 5.91 Å². The van der Waals surface area contributed by atoms with Crippen molar-refractivity contribution in [2.45, 2.75) is 57.0 Å². The molecular weight excluding hydrogens is 176 g/mol. The summed E-state index contributed by atoms with van der Waals surface area (Å²) in [5.41, 5.74) is 5.56. The van der Waals surface area contributed by atoms with Crippen LogP contribution in [-0.2, 0) is 4.79 Å². The molecule has 0 spiro atoms. The third kappa shape index (κ3) is 1.44. The summed E-state index contributed by atoms with van der Waals surface area (Å²) in [5, 5.41) is 0. The summed E-state index contributed by atoms with van der Waals surface area (Å²) >= 11 is 0. The van der Waals surface area contributed by atoms with Crippen LogP contribution in [0.5, 0.6) is 0 Å². The molecule has 1 amide bonds. The molecule has 1 saturated heterocycles. The molecule has 0 bridgehead atoms. The summed E-state index contributed by atoms with van der Waals surface area (Å²) in [6.45, 7) is 3.08. The largest absolute Gasteiger partial charge is 0.338 e. The minimum absolute atomic E-state index is 0.216. The normalized spacial score (nSPS) is 30.1. The van der Waals surface area contributed by atoms with Gasteiger partial charge in [-0.2, -0.15) is 0 Å². The Balaban J connectivity index is 2.03. The highest BCUT2D eigenvalue weighted by Crippen LogP contribution is 2.33. The Bertz CT molecular complexity index is 235. The van der Waals surface area contributed by atoms with Gasteiger partial charge in [-0.3, -0.25) is 4.79 Å². The van der Waals surface area contributed by atoms with Crippen LogP contribution in [0.3, 0.4) is 0 Å². The van der Waals surface area contributed by atoms with Gasteiger partial charge in [-0.1, -0.05) is 6.92 Å². The second-order valence-electron chi connectivity index (χ2n) is 4.71. The lowest BCUT2D eigenvalue weighted by molar-refractivity contribution is -0.141. The maximum atomic E-state index is 12.1. The van der Waals surface area contributed by atoms with E-state index < -0.39 is 5.54 Å². The highest BCUT2D eigenvalue weighted by atomic mass is 16.2. The highest BCUT2D eigenvalue weighted by Gasteiger charge is 2.44. The molecule has 2 fully saturated rings. The summed E-state index contributed by atoms with van der Waals surface area (Å²) in [6, 6.07) is 0.462. The fourth-order valence-corrected chi connectivity index (χ4v) is 2.59. The van der Waals surface area contributed by atoms with Gasteiger partial charge in [0.25, 0.3) is 0 Å². The zero-order chi connectivity index (χ0) is 10.2. The number of carbonyl (C=O) groups is 1. The van der Waals surface area contributed by atoms with E-state index in [4.69, 9.17) is 5.73 Å². The molecule has 1 saturated carbocycles. The number of likely N-dealkylation sites (tertiary alicyclic amines) is 1. The molecular formula is C11H20N2O. The molecule has 1 aliphatic carbocycles. The molecule has 14 heavy (non-hydrogen) atoms. The van der Waals surface area contributed by atoms with Crippen molar-refractivity contribution in [3.05, 3.63) is 0 Å². The zero-order valence-corrected chi connectivity index (χ0v) is 8.96. The number of nitrogens with zero attached hydrogens (tertiary/aromatic N) is 1. The summed E-state index contributed by atoms with van der Waals surface area (Å²) < 4.78 is 0. The molecule has 0 aromatic heterocycles. The molecule has 1 aliphatic heterocycles. The maximum Gasteiger partial charge on any atom is 0.242 e. The number of rotatable bonds is 2. The Morgan fingerprint density at radius 2 is 2.21 bits per heavy atom. The van der Waals surface area contributed by atoms with Gasteiger partial charge in [0.15, 0.2) is 0 Å². The van der Waals surface area contributed by atoms with Crippen LogP contribution in [0.4, 0.5) is 0 Å². The van der Waals surface area contributed by atoms with Crippen LogP contribution in [0.25, 0.3) is 0 Å². The fraction of sp³-hybridized carbons (Fsp3) is 0.909. The predicted molar refractivity (Wildman–Crippen MR) is 55.8 cm³/mol. The number of carbonyl (C=O) groups excluding carboxylic acids is 1. The molecule has 0 radical (unpaired) electrons. The van der Waals surface area contributed by atoms with E-state index in [0.29, 0.717) is 6.04 Å². The van der Waals surface area contributed by atoms with Crippen molar-refractivity contribution in [3.63, 3.8) is 0 Å². The third-order valence-corrected chi connectivity index (χ3v) is 3.78. The Hall–Kier alpha value is -0.570. The van der Waals surface area contributed by atoms with E-state index in [2.05, 4.69) is 6.92 Å². The lowest BCUT2D eigenvalue weighted by Crippen LogP contribution is -2.60. The molecule has 1 atom stereocenters. The number of hydrogen-bond donors (Lipinski definition) is 1. The summed E-state index contributed by atoms with van der Waals surface area (Å²) in [4.78, 5) is 14.1. The standard InChI is InChI=1S/C11H20N2O/c1-2-9-5-3-8-13(9)10(14)11(12)6-4-7-11/h9H,2-8,12H2,1H3. The van der Waals surface area contributed by atoms with Crippen molar-refractivity contribution >= 4 is 5.91 Å². The number of hydrogen-bond acceptors (Lipinski definition) is 2. The second-order valence-corrected chi connectivity index (χ2v) is 4.71. The van der Waals surface area contributed by atoms with Gasteiger partial charge in [0.05, 0.1) is 5.54 Å². The molecule has 80 valence electrons. The van der Waals surface area contributed by atoms with Gasteiger partial charge in [-0.15, -0.1) is 0 Å². The van der Waals surface area contributed by atoms with E-state index in [0.717, 1.165) is 38.6 Å². The van der Waals surface area contributed by atoms with Crippen molar-refractivity contribution in [3.8, 4) is 0 Å². The third-order valence-electron chi connectivity index (χ3n) is 3.78. The number of amides is 1. The van der Waals surface area contributed by atoms with Crippen LogP contribution >= 0.6 is 0 Å². The first kappa shape index (κ1) is 9.97. The quantitative estimate of drug-likeness (QED) is 0.723. The Morgan fingerprint density at radius 3 is 2.71 bits per heavy atom. The average Bonchev–Trinajstić information content (AvgIpc) is 2.60. The molecule has 0 aromatic carbocycles. The van der Waals surface area contributed by atoms with Crippen LogP contribution in [0.2, 0.25) is 0 Å². The van der Waals surface area contributed by atoms with Crippen LogP contribution in [0.1, 0.15) is 45.4 Å². The Morgan fingerprint density at radius 1 is 1.50 bits per heavy atom. The summed E-state index contributed by atoms with van der Waals surface area (Å²) in [6.07, 6.45) is 6.28. The topological polar surface area (TPSA) is 46.3 Å². The number of nitrogens with two attached hydrogens (primary N) is 1. The maximum absolute atomic E-state index is 12.1. The van der Waals surface area contributed by atoms with Crippen molar-refractivity contribution in [1.29, 1.82) is 0 Å². The van der Waals surface area contributed by atoms with Crippen molar-refractivity contribution in [2.24, 2.45) is 5.73 Å². The monoisotopic (exact) mass is 196 g/mol. The van der Waals surface area contributed by atoms with Crippen LogP contribution in [0.15, 0.2) is 0 Å². The molecule has 1 heterocycles. The lowest BCUT2D eigenvalue weighted by atomic mass is 9.76. The Kier molecular flexibility index (Phi) is 2.52. The first-order chi connectivity index (χ1) is 6.67. The van der Waals surface area contributed by atoms with E-state index >= 15 is 0 Å². The van der Waals surface area contributed by atoms with E-state index in [1.54, 1.807) is 0 Å². The molecule has 3 nitrogen and oxygen atoms in total. The summed E-state index contributed by atoms with van der Waals surface area (Å²) in [7, 11) is 0. The second kappa shape index (κ2) is 3.54. The van der Waals surface area contributed by atoms with Crippen molar-refractivity contribution in [2.75, 3.05) is 6.54 Å². The van der Waals surface area contributed by atoms with Gasteiger partial charge in [0, 0.05) is 12.6 Å². The molecule has 1 unspecified atom stereocenters. The Labute approximate surface area is 85.6 Å². The van der Waals surface area contributed by atoms with Gasteiger partial charge in [-0.05, 0) is 38.5 Å². The van der Waals surface area contributed by atoms with Gasteiger partial charge in [-0.25, -0.2) is 0 Å². The van der Waals surface area contributed by atoms with E-state index in [9.17, 15) is 4.79 Å². The van der Waals surface area contributed by atoms with E-state index in [1.165, 1.54) is 6.42 Å². The van der Waals surface area contributed by atoms with Crippen molar-refractivity contribution in [1.82, 2.24) is 4.90 Å². The molecule has 2 N–H and O–H groups in total. The van der Waals surface area contributed by atoms with Crippen molar-refractivity contribution < 1.29 is 4.79 Å². The predicted octanol–water partition coefficient (Wildman–Crippen LogP) is 1.27. The highest BCUT2D eigenvalue weighted by molar-refractivity contribution is 5.87. The first-order valence-corrected chi connectivity index (χ1v) is 5.77. The molecule has 3 heteroatoms. The van der Waals surface area contributed by atoms with E-state index in [1.807, 2.05) is 4.90 Å². The SMILES string of the molecule is CCC1CCCN1C(=O)C1(N)CCC1. The molecule has 2 aliphatic rings. The van der Waals surface area contributed by atoms with Crippen LogP contribution < -0.4 is 5.73 Å². The lowest BCUT2D eigenvalue weighted by Gasteiger charge is -2.40. The van der Waals surface area contributed by atoms with Crippen LogP contribution in [-0.4, -0.2) is 28.9 Å². The van der Waals surface area contributed by atoms with Gasteiger partial charge in [0.1, 0.15) is 0 Å². The molecule has 2 rings (SSSR count). The summed E-state index contributed by atoms with van der Waals surface area (Å²) in [5.74, 6) is 0.216. The van der Waals surface area contributed by atoms with Gasteiger partial charge in [0.2, 0.25) is 5.91 Å². The molecule has 0 aromatic rings. The van der Waals surface area contributed by atoms with Crippen LogP contribution in [0, 0.1) is 0 Å². The first-order valence-electron chi connectivity index (χ1n) is 5.77. The fourth-order valence-electron chi connectivity index (χ4n) is 2.59. The minimum Gasteiger partial charge on any atom is -0.338 e. The minimum atomic E-state index is -0.488.